The number of nitriles is 1. The number of ether oxygens (including phenoxy) is 1. The first kappa shape index (κ1) is 14.8. The summed E-state index contributed by atoms with van der Waals surface area (Å²) in [6.07, 6.45) is 3.11. The molecule has 0 bridgehead atoms. The number of likely N-dealkylation sites (tertiary alicyclic amines) is 1. The largest absolute Gasteiger partial charge is 0.494 e. The molecule has 1 saturated heterocycles. The van der Waals surface area contributed by atoms with Gasteiger partial charge in [-0.25, -0.2) is 0 Å². The predicted molar refractivity (Wildman–Crippen MR) is 77.5 cm³/mol. The maximum absolute atomic E-state index is 8.93. The van der Waals surface area contributed by atoms with Crippen LogP contribution < -0.4 is 4.74 Å². The molecule has 0 spiro atoms. The van der Waals surface area contributed by atoms with E-state index in [1.54, 1.807) is 12.1 Å². The molecule has 1 atom stereocenters. The van der Waals surface area contributed by atoms with E-state index in [-0.39, 0.29) is 0 Å². The van der Waals surface area contributed by atoms with Gasteiger partial charge in [0, 0.05) is 19.7 Å². The Bertz CT molecular complexity index is 456. The molecule has 4 nitrogen and oxygen atoms in total. The predicted octanol–water partition coefficient (Wildman–Crippen LogP) is 2.03. The molecule has 0 amide bonds. The van der Waals surface area contributed by atoms with Gasteiger partial charge >= 0.3 is 0 Å². The minimum absolute atomic E-state index is 0.302. The number of rotatable bonds is 7. The zero-order valence-corrected chi connectivity index (χ0v) is 11.8. The second kappa shape index (κ2) is 7.88. The Balaban J connectivity index is 1.63. The molecule has 0 radical (unpaired) electrons. The minimum atomic E-state index is 0.302. The summed E-state index contributed by atoms with van der Waals surface area (Å²) >= 11 is 0. The molecule has 1 N–H and O–H groups in total. The summed E-state index contributed by atoms with van der Waals surface area (Å²) in [6.45, 7) is 4.26. The summed E-state index contributed by atoms with van der Waals surface area (Å²) in [6, 6.07) is 9.38. The first-order chi connectivity index (χ1) is 9.81. The van der Waals surface area contributed by atoms with E-state index in [9.17, 15) is 0 Å². The van der Waals surface area contributed by atoms with Crippen LogP contribution in [0.15, 0.2) is 24.3 Å². The van der Waals surface area contributed by atoms with Gasteiger partial charge in [0.05, 0.1) is 18.2 Å². The lowest BCUT2D eigenvalue weighted by Crippen LogP contribution is -2.23. The molecule has 1 fully saturated rings. The third-order valence-corrected chi connectivity index (χ3v) is 3.76. The Labute approximate surface area is 120 Å². The van der Waals surface area contributed by atoms with Crippen LogP contribution in [0.4, 0.5) is 0 Å². The van der Waals surface area contributed by atoms with Crippen LogP contribution in [0.25, 0.3) is 0 Å². The van der Waals surface area contributed by atoms with Crippen molar-refractivity contribution in [3.63, 3.8) is 0 Å². The molecule has 0 saturated carbocycles. The zero-order chi connectivity index (χ0) is 14.2. The summed E-state index contributed by atoms with van der Waals surface area (Å²) in [5.74, 6) is 1.43. The summed E-state index contributed by atoms with van der Waals surface area (Å²) < 4.78 is 5.66. The van der Waals surface area contributed by atoms with Crippen molar-refractivity contribution in [1.82, 2.24) is 4.90 Å². The highest BCUT2D eigenvalue weighted by Crippen LogP contribution is 2.19. The van der Waals surface area contributed by atoms with E-state index in [0.717, 1.165) is 38.2 Å². The third-order valence-electron chi connectivity index (χ3n) is 3.76. The van der Waals surface area contributed by atoms with Crippen LogP contribution in [0.5, 0.6) is 5.75 Å². The molecule has 20 heavy (non-hydrogen) atoms. The topological polar surface area (TPSA) is 56.5 Å². The molecule has 1 unspecified atom stereocenters. The number of hydrogen-bond acceptors (Lipinski definition) is 4. The van der Waals surface area contributed by atoms with Gasteiger partial charge in [-0.15, -0.1) is 0 Å². The van der Waals surface area contributed by atoms with Crippen LogP contribution in [0.1, 0.15) is 24.8 Å². The van der Waals surface area contributed by atoms with Crippen LogP contribution >= 0.6 is 0 Å². The average Bonchev–Trinajstić information content (AvgIpc) is 2.92. The standard InChI is InChI=1S/C16H22N2O2/c17-12-15-3-1-4-16(11-15)20-10-2-7-18-8-5-14(13-18)6-9-19/h1,3-4,11,14,19H,2,5-10,13H2. The maximum atomic E-state index is 8.93. The molecule has 108 valence electrons. The van der Waals surface area contributed by atoms with Crippen LogP contribution in [-0.2, 0) is 0 Å². The fraction of sp³-hybridized carbons (Fsp3) is 0.562. The van der Waals surface area contributed by atoms with Crippen LogP contribution in [0, 0.1) is 17.2 Å². The number of hydrogen-bond donors (Lipinski definition) is 1. The third kappa shape index (κ3) is 4.52. The molecule has 1 aliphatic heterocycles. The highest BCUT2D eigenvalue weighted by molar-refractivity contribution is 5.36. The number of aliphatic hydroxyl groups excluding tert-OH is 1. The molecule has 4 heteroatoms. The zero-order valence-electron chi connectivity index (χ0n) is 11.8. The minimum Gasteiger partial charge on any atom is -0.494 e. The van der Waals surface area contributed by atoms with Crippen LogP contribution in [0.3, 0.4) is 0 Å². The summed E-state index contributed by atoms with van der Waals surface area (Å²) in [4.78, 5) is 2.44. The van der Waals surface area contributed by atoms with Gasteiger partial charge in [-0.05, 0) is 49.9 Å². The molecule has 1 aromatic carbocycles. The fourth-order valence-electron chi connectivity index (χ4n) is 2.67. The second-order valence-corrected chi connectivity index (χ2v) is 5.31. The van der Waals surface area contributed by atoms with Gasteiger partial charge in [0.1, 0.15) is 5.75 Å². The van der Waals surface area contributed by atoms with Crippen molar-refractivity contribution >= 4 is 0 Å². The molecule has 1 heterocycles. The lowest BCUT2D eigenvalue weighted by Gasteiger charge is -2.15. The fourth-order valence-corrected chi connectivity index (χ4v) is 2.67. The molecule has 1 aliphatic rings. The van der Waals surface area contributed by atoms with E-state index in [1.807, 2.05) is 12.1 Å². The van der Waals surface area contributed by atoms with E-state index in [4.69, 9.17) is 15.1 Å². The first-order valence-electron chi connectivity index (χ1n) is 7.28. The van der Waals surface area contributed by atoms with Crippen LogP contribution in [0.2, 0.25) is 0 Å². The van der Waals surface area contributed by atoms with Crippen LogP contribution in [-0.4, -0.2) is 42.9 Å². The van der Waals surface area contributed by atoms with Crippen molar-refractivity contribution in [2.45, 2.75) is 19.3 Å². The Hall–Kier alpha value is -1.57. The van der Waals surface area contributed by atoms with Gasteiger partial charge in [-0.3, -0.25) is 0 Å². The van der Waals surface area contributed by atoms with Crippen molar-refractivity contribution in [3.05, 3.63) is 29.8 Å². The van der Waals surface area contributed by atoms with Gasteiger partial charge < -0.3 is 14.7 Å². The molecule has 1 aromatic rings. The Morgan fingerprint density at radius 3 is 3.15 bits per heavy atom. The lowest BCUT2D eigenvalue weighted by atomic mass is 10.1. The van der Waals surface area contributed by atoms with Crippen molar-refractivity contribution in [2.75, 3.05) is 32.8 Å². The number of aliphatic hydroxyl groups is 1. The van der Waals surface area contributed by atoms with Crippen molar-refractivity contribution in [2.24, 2.45) is 5.92 Å². The Kier molecular flexibility index (Phi) is 5.85. The molecule has 2 rings (SSSR count). The van der Waals surface area contributed by atoms with Gasteiger partial charge in [-0.2, -0.15) is 5.26 Å². The van der Waals surface area contributed by atoms with Crippen molar-refractivity contribution in [1.29, 1.82) is 5.26 Å². The van der Waals surface area contributed by atoms with Gasteiger partial charge in [-0.1, -0.05) is 6.07 Å². The summed E-state index contributed by atoms with van der Waals surface area (Å²) in [5.41, 5.74) is 0.633. The first-order valence-corrected chi connectivity index (χ1v) is 7.28. The molecule has 0 aromatic heterocycles. The molecule has 0 aliphatic carbocycles. The van der Waals surface area contributed by atoms with E-state index in [2.05, 4.69) is 11.0 Å². The number of benzene rings is 1. The smallest absolute Gasteiger partial charge is 0.120 e. The quantitative estimate of drug-likeness (QED) is 0.773. The van der Waals surface area contributed by atoms with Gasteiger partial charge in [0.2, 0.25) is 0 Å². The molecular weight excluding hydrogens is 252 g/mol. The van der Waals surface area contributed by atoms with Crippen molar-refractivity contribution in [3.8, 4) is 11.8 Å². The second-order valence-electron chi connectivity index (χ2n) is 5.31. The number of nitrogens with zero attached hydrogens (tertiary/aromatic N) is 2. The normalized spacial score (nSPS) is 18.9. The SMILES string of the molecule is N#Cc1cccc(OCCCN2CCC(CCO)C2)c1. The highest BCUT2D eigenvalue weighted by Gasteiger charge is 2.21. The van der Waals surface area contributed by atoms with E-state index in [0.29, 0.717) is 24.7 Å². The van der Waals surface area contributed by atoms with Gasteiger partial charge in [0.25, 0.3) is 0 Å². The van der Waals surface area contributed by atoms with E-state index in [1.165, 1.54) is 6.42 Å². The maximum Gasteiger partial charge on any atom is 0.120 e. The lowest BCUT2D eigenvalue weighted by molar-refractivity contribution is 0.239. The highest BCUT2D eigenvalue weighted by atomic mass is 16.5. The summed E-state index contributed by atoms with van der Waals surface area (Å²) in [7, 11) is 0. The van der Waals surface area contributed by atoms with Gasteiger partial charge in [0.15, 0.2) is 0 Å². The average molecular weight is 274 g/mol. The Morgan fingerprint density at radius 1 is 1.45 bits per heavy atom. The van der Waals surface area contributed by atoms with E-state index < -0.39 is 0 Å². The Morgan fingerprint density at radius 2 is 2.35 bits per heavy atom. The van der Waals surface area contributed by atoms with E-state index >= 15 is 0 Å². The van der Waals surface area contributed by atoms with Crippen molar-refractivity contribution < 1.29 is 9.84 Å². The monoisotopic (exact) mass is 274 g/mol. The molecular formula is C16H22N2O2. The summed E-state index contributed by atoms with van der Waals surface area (Å²) in [5, 5.41) is 17.8.